The number of rotatable bonds is 6. The molecule has 0 aliphatic carbocycles. The molecule has 2 aliphatic heterocycles. The maximum Gasteiger partial charge on any atom is 0.301 e. The first-order chi connectivity index (χ1) is 19.3. The molecule has 1 amide bonds. The average molecular weight is 561 g/mol. The van der Waals surface area contributed by atoms with Crippen molar-refractivity contribution in [1.29, 1.82) is 0 Å². The molecular formula is C30H25FN2O6S. The topological polar surface area (TPSA) is 98.2 Å². The fraction of sp³-hybridized carbons (Fsp3) is 0.233. The number of hydrogen-bond acceptors (Lipinski definition) is 8. The lowest BCUT2D eigenvalue weighted by Gasteiger charge is -2.24. The van der Waals surface area contributed by atoms with Gasteiger partial charge in [-0.2, -0.15) is 0 Å². The number of fused-ring (bicyclic) bond motifs is 2. The van der Waals surface area contributed by atoms with Crippen LogP contribution in [-0.2, 0) is 16.0 Å². The Hall–Kier alpha value is -4.44. The number of carbonyl (C=O) groups excluding carboxylic acids is 2. The summed E-state index contributed by atoms with van der Waals surface area (Å²) in [4.78, 5) is 33.0. The van der Waals surface area contributed by atoms with Crippen molar-refractivity contribution in [2.45, 2.75) is 32.4 Å². The Kier molecular flexibility index (Phi) is 6.42. The first-order valence-corrected chi connectivity index (χ1v) is 13.6. The smallest absolute Gasteiger partial charge is 0.301 e. The molecule has 10 heteroatoms. The SMILES string of the molecule is CCOc1ccc([C@H]2C(=C(O)c3ccc4c(c3)C[C@@H](C)O4)C(=O)C(=O)N2c2nc3ccc(F)cc3s2)cc1OC. The molecule has 2 atom stereocenters. The van der Waals surface area contributed by atoms with E-state index in [9.17, 15) is 19.1 Å². The molecule has 6 rings (SSSR count). The van der Waals surface area contributed by atoms with Crippen molar-refractivity contribution in [1.82, 2.24) is 4.98 Å². The Morgan fingerprint density at radius 3 is 2.75 bits per heavy atom. The van der Waals surface area contributed by atoms with Crippen LogP contribution in [0.3, 0.4) is 0 Å². The Morgan fingerprint density at radius 1 is 1.15 bits per heavy atom. The Balaban J connectivity index is 1.55. The van der Waals surface area contributed by atoms with E-state index < -0.39 is 23.5 Å². The van der Waals surface area contributed by atoms with Gasteiger partial charge in [-0.15, -0.1) is 0 Å². The van der Waals surface area contributed by atoms with E-state index in [0.717, 1.165) is 22.6 Å². The molecule has 8 nitrogen and oxygen atoms in total. The predicted molar refractivity (Wildman–Crippen MR) is 149 cm³/mol. The van der Waals surface area contributed by atoms with Gasteiger partial charge < -0.3 is 19.3 Å². The number of aliphatic hydroxyl groups excluding tert-OH is 1. The van der Waals surface area contributed by atoms with E-state index in [-0.39, 0.29) is 22.6 Å². The van der Waals surface area contributed by atoms with Gasteiger partial charge in [0.25, 0.3) is 5.78 Å². The van der Waals surface area contributed by atoms with Crippen molar-refractivity contribution in [3.05, 3.63) is 82.7 Å². The average Bonchev–Trinajstić information content (AvgIpc) is 3.60. The number of ether oxygens (including phenoxy) is 3. The molecule has 3 aromatic carbocycles. The zero-order valence-corrected chi connectivity index (χ0v) is 22.8. The first-order valence-electron chi connectivity index (χ1n) is 12.8. The highest BCUT2D eigenvalue weighted by molar-refractivity contribution is 7.22. The van der Waals surface area contributed by atoms with Gasteiger partial charge in [0.05, 0.1) is 35.5 Å². The van der Waals surface area contributed by atoms with Crippen molar-refractivity contribution in [2.75, 3.05) is 18.6 Å². The minimum Gasteiger partial charge on any atom is -0.507 e. The standard InChI is InChI=1S/C30H25FN2O6S/c1-4-38-22-10-5-16(13-23(22)37-3)26-25(27(34)17-6-9-21-18(12-17)11-15(2)39-21)28(35)29(36)33(26)30-32-20-8-7-19(31)14-24(20)40-30/h5-10,12-15,26,34H,4,11H2,1-3H3/t15-,26+/m1/s1. The minimum atomic E-state index is -1.03. The van der Waals surface area contributed by atoms with Gasteiger partial charge in [-0.1, -0.05) is 17.4 Å². The second-order valence-electron chi connectivity index (χ2n) is 9.58. The quantitative estimate of drug-likeness (QED) is 0.181. The number of anilines is 1. The lowest BCUT2D eigenvalue weighted by atomic mass is 9.94. The van der Waals surface area contributed by atoms with E-state index in [2.05, 4.69) is 4.98 Å². The van der Waals surface area contributed by atoms with Crippen LogP contribution < -0.4 is 19.1 Å². The number of aliphatic hydroxyl groups is 1. The van der Waals surface area contributed by atoms with Crippen LogP contribution in [0.2, 0.25) is 0 Å². The lowest BCUT2D eigenvalue weighted by Crippen LogP contribution is -2.29. The molecule has 0 radical (unpaired) electrons. The van der Waals surface area contributed by atoms with Crippen molar-refractivity contribution < 1.29 is 33.3 Å². The summed E-state index contributed by atoms with van der Waals surface area (Å²) in [5, 5.41) is 11.8. The number of halogens is 1. The first kappa shape index (κ1) is 25.8. The monoisotopic (exact) mass is 560 g/mol. The molecule has 2 aliphatic rings. The van der Waals surface area contributed by atoms with E-state index in [0.29, 0.717) is 45.9 Å². The van der Waals surface area contributed by atoms with Gasteiger partial charge in [-0.25, -0.2) is 9.37 Å². The largest absolute Gasteiger partial charge is 0.507 e. The molecule has 4 aromatic rings. The Labute approximate surface area is 233 Å². The summed E-state index contributed by atoms with van der Waals surface area (Å²) in [5.74, 6) is -0.837. The second-order valence-corrected chi connectivity index (χ2v) is 10.6. The Bertz CT molecular complexity index is 1710. The minimum absolute atomic E-state index is 0.00170. The fourth-order valence-electron chi connectivity index (χ4n) is 5.19. The number of benzene rings is 3. The zero-order chi connectivity index (χ0) is 28.1. The maximum atomic E-state index is 13.9. The summed E-state index contributed by atoms with van der Waals surface area (Å²) in [6.45, 7) is 4.21. The van der Waals surface area contributed by atoms with Gasteiger partial charge >= 0.3 is 5.91 Å². The maximum absolute atomic E-state index is 13.9. The summed E-state index contributed by atoms with van der Waals surface area (Å²) in [5.41, 5.74) is 2.19. The third kappa shape index (κ3) is 4.24. The predicted octanol–water partition coefficient (Wildman–Crippen LogP) is 5.79. The van der Waals surface area contributed by atoms with Gasteiger partial charge in [-0.3, -0.25) is 14.5 Å². The molecule has 0 unspecified atom stereocenters. The molecule has 204 valence electrons. The summed E-state index contributed by atoms with van der Waals surface area (Å²) in [6.07, 6.45) is 0.658. The highest BCUT2D eigenvalue weighted by atomic mass is 32.1. The van der Waals surface area contributed by atoms with Crippen LogP contribution in [0, 0.1) is 5.82 Å². The summed E-state index contributed by atoms with van der Waals surface area (Å²) in [7, 11) is 1.49. The number of amides is 1. The van der Waals surface area contributed by atoms with Crippen LogP contribution in [0.1, 0.15) is 36.6 Å². The highest BCUT2D eigenvalue weighted by Gasteiger charge is 2.48. The second kappa shape index (κ2) is 9.95. The van der Waals surface area contributed by atoms with Crippen LogP contribution in [0.4, 0.5) is 9.52 Å². The fourth-order valence-corrected chi connectivity index (χ4v) is 6.21. The van der Waals surface area contributed by atoms with Crippen molar-refractivity contribution in [2.24, 2.45) is 0 Å². The summed E-state index contributed by atoms with van der Waals surface area (Å²) >= 11 is 1.09. The molecule has 3 heterocycles. The third-order valence-electron chi connectivity index (χ3n) is 6.96. The van der Waals surface area contributed by atoms with E-state index in [1.165, 1.54) is 30.2 Å². The van der Waals surface area contributed by atoms with Crippen molar-refractivity contribution in [3.63, 3.8) is 0 Å². The molecule has 1 aromatic heterocycles. The van der Waals surface area contributed by atoms with Gasteiger partial charge in [0.1, 0.15) is 23.4 Å². The van der Waals surface area contributed by atoms with E-state index in [1.807, 2.05) is 13.8 Å². The number of hydrogen-bond donors (Lipinski definition) is 1. The Morgan fingerprint density at radius 2 is 1.98 bits per heavy atom. The van der Waals surface area contributed by atoms with Crippen LogP contribution >= 0.6 is 11.3 Å². The van der Waals surface area contributed by atoms with Crippen LogP contribution in [0.25, 0.3) is 16.0 Å². The molecule has 1 saturated heterocycles. The van der Waals surface area contributed by atoms with Crippen molar-refractivity contribution in [3.8, 4) is 17.2 Å². The lowest BCUT2D eigenvalue weighted by molar-refractivity contribution is -0.132. The van der Waals surface area contributed by atoms with Crippen LogP contribution in [0.15, 0.2) is 60.2 Å². The van der Waals surface area contributed by atoms with Gasteiger partial charge in [-0.05, 0) is 73.5 Å². The third-order valence-corrected chi connectivity index (χ3v) is 7.98. The molecule has 1 fully saturated rings. The molecule has 40 heavy (non-hydrogen) atoms. The van der Waals surface area contributed by atoms with Gasteiger partial charge in [0.2, 0.25) is 0 Å². The summed E-state index contributed by atoms with van der Waals surface area (Å²) < 4.78 is 31.4. The van der Waals surface area contributed by atoms with E-state index >= 15 is 0 Å². The molecular weight excluding hydrogens is 535 g/mol. The van der Waals surface area contributed by atoms with Crippen molar-refractivity contribution >= 4 is 44.1 Å². The molecule has 0 saturated carbocycles. The number of thiazole rings is 1. The normalized spacial score (nSPS) is 19.6. The number of methoxy groups -OCH3 is 1. The number of nitrogens with zero attached hydrogens (tertiary/aromatic N) is 2. The number of Topliss-reactive ketones (excluding diaryl/α,β-unsaturated/α-hetero) is 1. The molecule has 1 N–H and O–H groups in total. The van der Waals surface area contributed by atoms with Gasteiger partial charge in [0.15, 0.2) is 16.6 Å². The van der Waals surface area contributed by atoms with Crippen LogP contribution in [0.5, 0.6) is 17.2 Å². The van der Waals surface area contributed by atoms with E-state index in [1.54, 1.807) is 36.4 Å². The zero-order valence-electron chi connectivity index (χ0n) is 21.9. The number of aromatic nitrogens is 1. The number of ketones is 1. The summed E-state index contributed by atoms with van der Waals surface area (Å²) in [6, 6.07) is 13.4. The van der Waals surface area contributed by atoms with Gasteiger partial charge in [0, 0.05) is 12.0 Å². The van der Waals surface area contributed by atoms with E-state index in [4.69, 9.17) is 14.2 Å². The van der Waals surface area contributed by atoms with Crippen LogP contribution in [-0.4, -0.2) is 41.6 Å². The number of carbonyl (C=O) groups is 2. The molecule has 0 bridgehead atoms. The molecule has 0 spiro atoms. The highest BCUT2D eigenvalue weighted by Crippen LogP contribution is 2.46.